The lowest BCUT2D eigenvalue weighted by Crippen LogP contribution is -2.22. The minimum Gasteiger partial charge on any atom is -0.491 e. The monoisotopic (exact) mass is 355 g/mol. The normalized spacial score (nSPS) is 11.9. The van der Waals surface area contributed by atoms with E-state index in [-0.39, 0.29) is 6.61 Å². The number of nitrogens with one attached hydrogen (secondary N) is 1. The molecule has 0 saturated heterocycles. The van der Waals surface area contributed by atoms with Crippen LogP contribution in [0, 0.1) is 0 Å². The van der Waals surface area contributed by atoms with Crippen LogP contribution in [0.2, 0.25) is 0 Å². The third-order valence-corrected chi connectivity index (χ3v) is 3.11. The number of hydrogen-bond donors (Lipinski definition) is 1. The van der Waals surface area contributed by atoms with Crippen LogP contribution in [-0.2, 0) is 11.3 Å². The number of benzene rings is 1. The topological polar surface area (TPSA) is 30.5 Å². The Morgan fingerprint density at radius 2 is 1.95 bits per heavy atom. The van der Waals surface area contributed by atoms with E-state index in [9.17, 15) is 13.2 Å². The quantitative estimate of drug-likeness (QED) is 0.753. The summed E-state index contributed by atoms with van der Waals surface area (Å²) in [6.07, 6.45) is -4.62. The van der Waals surface area contributed by atoms with Gasteiger partial charge in [0.2, 0.25) is 0 Å². The van der Waals surface area contributed by atoms with Crippen molar-refractivity contribution in [2.45, 2.75) is 32.8 Å². The van der Waals surface area contributed by atoms with Gasteiger partial charge in [-0.25, -0.2) is 0 Å². The van der Waals surface area contributed by atoms with Crippen molar-refractivity contribution in [3.05, 3.63) is 28.2 Å². The second-order valence-corrected chi connectivity index (χ2v) is 5.29. The zero-order chi connectivity index (χ0) is 15.2. The summed E-state index contributed by atoms with van der Waals surface area (Å²) in [5.74, 6) is 0.513. The lowest BCUT2D eigenvalue weighted by Gasteiger charge is -2.13. The summed E-state index contributed by atoms with van der Waals surface area (Å²) in [4.78, 5) is 0. The summed E-state index contributed by atoms with van der Waals surface area (Å²) >= 11 is 3.42. The summed E-state index contributed by atoms with van der Waals surface area (Å²) in [6, 6.07) is 5.62. The Morgan fingerprint density at radius 3 is 2.55 bits per heavy atom. The van der Waals surface area contributed by atoms with E-state index in [4.69, 9.17) is 4.74 Å². The first-order valence-electron chi connectivity index (χ1n) is 6.13. The van der Waals surface area contributed by atoms with Crippen LogP contribution in [0.3, 0.4) is 0 Å². The molecule has 7 heteroatoms. The Hall–Kier alpha value is -0.790. The van der Waals surface area contributed by atoms with E-state index in [0.29, 0.717) is 18.3 Å². The zero-order valence-corrected chi connectivity index (χ0v) is 12.8. The largest absolute Gasteiger partial charge is 0.522 e. The molecule has 0 heterocycles. The van der Waals surface area contributed by atoms with Crippen LogP contribution in [-0.4, -0.2) is 25.6 Å². The van der Waals surface area contributed by atoms with Gasteiger partial charge in [0.05, 0.1) is 6.61 Å². The molecule has 1 rings (SSSR count). The molecular weight excluding hydrogens is 339 g/mol. The first-order valence-corrected chi connectivity index (χ1v) is 6.92. The van der Waals surface area contributed by atoms with Gasteiger partial charge < -0.3 is 10.1 Å². The predicted molar refractivity (Wildman–Crippen MR) is 73.6 cm³/mol. The van der Waals surface area contributed by atoms with Gasteiger partial charge in [0.1, 0.15) is 12.4 Å². The molecule has 0 aliphatic heterocycles. The van der Waals surface area contributed by atoms with Crippen LogP contribution in [0.1, 0.15) is 19.4 Å². The van der Waals surface area contributed by atoms with Gasteiger partial charge >= 0.3 is 6.36 Å². The molecular formula is C13H17BrF3NO2. The van der Waals surface area contributed by atoms with E-state index >= 15 is 0 Å². The first-order chi connectivity index (χ1) is 9.28. The predicted octanol–water partition coefficient (Wildman–Crippen LogP) is 3.86. The first kappa shape index (κ1) is 17.3. The number of rotatable bonds is 7. The van der Waals surface area contributed by atoms with Gasteiger partial charge in [-0.05, 0) is 23.8 Å². The SMILES string of the molecule is CC(C)NCc1cc(OCCOC(F)(F)F)ccc1Br. The maximum atomic E-state index is 11.8. The Labute approximate surface area is 124 Å². The van der Waals surface area contributed by atoms with Crippen molar-refractivity contribution in [3.63, 3.8) is 0 Å². The molecule has 0 radical (unpaired) electrons. The second-order valence-electron chi connectivity index (χ2n) is 4.43. The van der Waals surface area contributed by atoms with Gasteiger partial charge in [-0.2, -0.15) is 0 Å². The van der Waals surface area contributed by atoms with E-state index in [1.807, 2.05) is 13.8 Å². The van der Waals surface area contributed by atoms with Crippen molar-refractivity contribution < 1.29 is 22.6 Å². The minimum absolute atomic E-state index is 0.155. The molecule has 0 saturated carbocycles. The van der Waals surface area contributed by atoms with Crippen LogP contribution in [0.5, 0.6) is 5.75 Å². The van der Waals surface area contributed by atoms with Crippen LogP contribution < -0.4 is 10.1 Å². The Balaban J connectivity index is 2.48. The summed E-state index contributed by atoms with van der Waals surface area (Å²) < 4.78 is 45.1. The molecule has 20 heavy (non-hydrogen) atoms. The summed E-state index contributed by atoms with van der Waals surface area (Å²) in [5, 5.41) is 3.26. The van der Waals surface area contributed by atoms with Crippen molar-refractivity contribution in [1.82, 2.24) is 5.32 Å². The molecule has 0 unspecified atom stereocenters. The highest BCUT2D eigenvalue weighted by Gasteiger charge is 2.28. The summed E-state index contributed by atoms with van der Waals surface area (Å²) in [6.45, 7) is 4.03. The van der Waals surface area contributed by atoms with Crippen molar-refractivity contribution >= 4 is 15.9 Å². The van der Waals surface area contributed by atoms with Gasteiger partial charge in [0, 0.05) is 17.1 Å². The highest BCUT2D eigenvalue weighted by molar-refractivity contribution is 9.10. The molecule has 1 aromatic rings. The fourth-order valence-corrected chi connectivity index (χ4v) is 1.79. The van der Waals surface area contributed by atoms with E-state index in [0.717, 1.165) is 10.0 Å². The lowest BCUT2D eigenvalue weighted by atomic mass is 10.2. The van der Waals surface area contributed by atoms with Gasteiger partial charge in [0.15, 0.2) is 0 Å². The average molecular weight is 356 g/mol. The highest BCUT2D eigenvalue weighted by Crippen LogP contribution is 2.23. The molecule has 0 fully saturated rings. The Bertz CT molecular complexity index is 425. The van der Waals surface area contributed by atoms with Crippen LogP contribution in [0.25, 0.3) is 0 Å². The molecule has 0 atom stereocenters. The van der Waals surface area contributed by atoms with Gasteiger partial charge in [-0.15, -0.1) is 13.2 Å². The van der Waals surface area contributed by atoms with Crippen LogP contribution in [0.4, 0.5) is 13.2 Å². The second kappa shape index (κ2) is 7.85. The Morgan fingerprint density at radius 1 is 1.25 bits per heavy atom. The van der Waals surface area contributed by atoms with Crippen molar-refractivity contribution in [2.24, 2.45) is 0 Å². The van der Waals surface area contributed by atoms with Crippen molar-refractivity contribution in [2.75, 3.05) is 13.2 Å². The number of hydrogen-bond acceptors (Lipinski definition) is 3. The molecule has 1 aromatic carbocycles. The average Bonchev–Trinajstić information content (AvgIpc) is 2.33. The molecule has 1 N–H and O–H groups in total. The smallest absolute Gasteiger partial charge is 0.491 e. The number of halogens is 4. The minimum atomic E-state index is -4.62. The zero-order valence-electron chi connectivity index (χ0n) is 11.3. The van der Waals surface area contributed by atoms with Crippen molar-refractivity contribution in [1.29, 1.82) is 0 Å². The molecule has 0 aromatic heterocycles. The highest BCUT2D eigenvalue weighted by atomic mass is 79.9. The molecule has 0 amide bonds. The third-order valence-electron chi connectivity index (χ3n) is 2.34. The number of alkyl halides is 3. The van der Waals surface area contributed by atoms with E-state index < -0.39 is 13.0 Å². The van der Waals surface area contributed by atoms with Crippen molar-refractivity contribution in [3.8, 4) is 5.75 Å². The number of ether oxygens (including phenoxy) is 2. The molecule has 0 aliphatic carbocycles. The summed E-state index contributed by atoms with van der Waals surface area (Å²) in [7, 11) is 0. The van der Waals surface area contributed by atoms with E-state index in [1.165, 1.54) is 0 Å². The van der Waals surface area contributed by atoms with E-state index in [1.54, 1.807) is 18.2 Å². The molecule has 3 nitrogen and oxygen atoms in total. The van der Waals surface area contributed by atoms with Gasteiger partial charge in [-0.3, -0.25) is 4.74 Å². The third kappa shape index (κ3) is 7.12. The lowest BCUT2D eigenvalue weighted by molar-refractivity contribution is -0.325. The van der Waals surface area contributed by atoms with Crippen LogP contribution >= 0.6 is 15.9 Å². The fourth-order valence-electron chi connectivity index (χ4n) is 1.41. The molecule has 0 spiro atoms. The van der Waals surface area contributed by atoms with Crippen LogP contribution in [0.15, 0.2) is 22.7 Å². The maximum absolute atomic E-state index is 11.8. The maximum Gasteiger partial charge on any atom is 0.522 e. The molecule has 0 bridgehead atoms. The Kier molecular flexibility index (Phi) is 6.78. The molecule has 114 valence electrons. The van der Waals surface area contributed by atoms with Gasteiger partial charge in [-0.1, -0.05) is 29.8 Å². The van der Waals surface area contributed by atoms with E-state index in [2.05, 4.69) is 26.0 Å². The fraction of sp³-hybridized carbons (Fsp3) is 0.538. The molecule has 0 aliphatic rings. The summed E-state index contributed by atoms with van der Waals surface area (Å²) in [5.41, 5.74) is 0.980. The van der Waals surface area contributed by atoms with Gasteiger partial charge in [0.25, 0.3) is 0 Å². The standard InChI is InChI=1S/C13H17BrF3NO2/c1-9(2)18-8-10-7-11(3-4-12(10)14)19-5-6-20-13(15,16)17/h3-4,7,9,18H,5-6,8H2,1-2H3.